The van der Waals surface area contributed by atoms with Gasteiger partial charge in [0.1, 0.15) is 0 Å². The normalized spacial score (nSPS) is 16.4. The number of halogens is 3. The zero-order valence-corrected chi connectivity index (χ0v) is 11.2. The first-order valence-corrected chi connectivity index (χ1v) is 6.39. The molecule has 1 aromatic carbocycles. The third kappa shape index (κ3) is 2.73. The van der Waals surface area contributed by atoms with E-state index in [0.29, 0.717) is 36.7 Å². The van der Waals surface area contributed by atoms with E-state index >= 15 is 0 Å². The Morgan fingerprint density at radius 3 is 2.40 bits per heavy atom. The number of carboxylic acids is 1. The molecule has 6 heteroatoms. The Morgan fingerprint density at radius 1 is 1.35 bits per heavy atom. The van der Waals surface area contributed by atoms with E-state index in [1.54, 1.807) is 0 Å². The van der Waals surface area contributed by atoms with Crippen molar-refractivity contribution < 1.29 is 23.1 Å². The Labute approximate surface area is 115 Å². The highest BCUT2D eigenvalue weighted by molar-refractivity contribution is 5.95. The number of rotatable bonds is 3. The molecule has 2 rings (SSSR count). The molecule has 1 heterocycles. The van der Waals surface area contributed by atoms with Gasteiger partial charge < -0.3 is 10.0 Å². The van der Waals surface area contributed by atoms with E-state index in [0.717, 1.165) is 6.07 Å². The van der Waals surface area contributed by atoms with Gasteiger partial charge in [0.2, 0.25) is 0 Å². The molecular formula is C14H16F3NO2. The predicted octanol–water partition coefficient (Wildman–Crippen LogP) is 3.50. The van der Waals surface area contributed by atoms with Crippen LogP contribution in [0.3, 0.4) is 0 Å². The molecule has 1 aliphatic rings. The van der Waals surface area contributed by atoms with Gasteiger partial charge in [0, 0.05) is 13.1 Å². The third-order valence-electron chi connectivity index (χ3n) is 3.75. The van der Waals surface area contributed by atoms with Gasteiger partial charge in [-0.05, 0) is 30.0 Å². The Hall–Kier alpha value is -1.72. The van der Waals surface area contributed by atoms with Crippen molar-refractivity contribution >= 4 is 11.7 Å². The molecule has 0 saturated carbocycles. The minimum absolute atomic E-state index is 0.290. The maximum atomic E-state index is 12.6. The molecule has 110 valence electrons. The van der Waals surface area contributed by atoms with E-state index in [1.807, 2.05) is 4.90 Å². The molecule has 0 atom stereocenters. The summed E-state index contributed by atoms with van der Waals surface area (Å²) in [5.41, 5.74) is -0.857. The second kappa shape index (κ2) is 5.00. The van der Waals surface area contributed by atoms with Crippen LogP contribution in [0.1, 0.15) is 29.8 Å². The molecule has 1 aromatic rings. The largest absolute Gasteiger partial charge is 0.478 e. The van der Waals surface area contributed by atoms with Crippen molar-refractivity contribution in [1.29, 1.82) is 0 Å². The number of carbonyl (C=O) groups is 1. The van der Waals surface area contributed by atoms with Gasteiger partial charge in [0.15, 0.2) is 0 Å². The molecule has 1 saturated heterocycles. The molecule has 0 amide bonds. The third-order valence-corrected chi connectivity index (χ3v) is 3.75. The maximum absolute atomic E-state index is 12.6. The summed E-state index contributed by atoms with van der Waals surface area (Å²) >= 11 is 0. The number of hydrogen-bond donors (Lipinski definition) is 1. The Bertz CT molecular complexity index is 520. The first-order valence-electron chi connectivity index (χ1n) is 6.39. The standard InChI is InChI=1S/C14H16F3NO2/c1-8(2)9-6-18(7-9)12-4-3-10(14(15,16)17)5-11(12)13(19)20/h3-5,8-9H,6-7H2,1-2H3,(H,19,20). The fourth-order valence-electron chi connectivity index (χ4n) is 2.29. The highest BCUT2D eigenvalue weighted by Crippen LogP contribution is 2.36. The highest BCUT2D eigenvalue weighted by Gasteiger charge is 2.35. The molecule has 3 nitrogen and oxygen atoms in total. The molecule has 1 N–H and O–H groups in total. The summed E-state index contributed by atoms with van der Waals surface area (Å²) in [4.78, 5) is 13.0. The van der Waals surface area contributed by atoms with Gasteiger partial charge in [0.05, 0.1) is 16.8 Å². The molecule has 0 unspecified atom stereocenters. The molecule has 1 aliphatic heterocycles. The van der Waals surface area contributed by atoms with Gasteiger partial charge >= 0.3 is 12.1 Å². The summed E-state index contributed by atoms with van der Waals surface area (Å²) in [7, 11) is 0. The number of anilines is 1. The second-order valence-corrected chi connectivity index (χ2v) is 5.44. The number of benzene rings is 1. The molecule has 0 aromatic heterocycles. The van der Waals surface area contributed by atoms with Crippen molar-refractivity contribution in [1.82, 2.24) is 0 Å². The van der Waals surface area contributed by atoms with E-state index in [4.69, 9.17) is 5.11 Å². The molecule has 0 aliphatic carbocycles. The second-order valence-electron chi connectivity index (χ2n) is 5.44. The van der Waals surface area contributed by atoms with Crippen molar-refractivity contribution in [2.24, 2.45) is 11.8 Å². The summed E-state index contributed by atoms with van der Waals surface area (Å²) in [5, 5.41) is 9.11. The van der Waals surface area contributed by atoms with Crippen LogP contribution in [0.25, 0.3) is 0 Å². The van der Waals surface area contributed by atoms with Crippen LogP contribution in [-0.2, 0) is 6.18 Å². The molecule has 0 radical (unpaired) electrons. The van der Waals surface area contributed by atoms with Gasteiger partial charge in [0.25, 0.3) is 0 Å². The number of carboxylic acid groups (broad SMARTS) is 1. The maximum Gasteiger partial charge on any atom is 0.416 e. The van der Waals surface area contributed by atoms with Crippen molar-refractivity contribution in [3.8, 4) is 0 Å². The summed E-state index contributed by atoms with van der Waals surface area (Å²) < 4.78 is 37.9. The fraction of sp³-hybridized carbons (Fsp3) is 0.500. The monoisotopic (exact) mass is 287 g/mol. The van der Waals surface area contributed by atoms with Crippen LogP contribution < -0.4 is 4.90 Å². The zero-order valence-electron chi connectivity index (χ0n) is 11.2. The first-order chi connectivity index (χ1) is 9.20. The lowest BCUT2D eigenvalue weighted by Gasteiger charge is -2.43. The van der Waals surface area contributed by atoms with E-state index in [2.05, 4.69) is 13.8 Å². The van der Waals surface area contributed by atoms with Gasteiger partial charge in [-0.25, -0.2) is 4.79 Å². The van der Waals surface area contributed by atoms with Gasteiger partial charge in [-0.2, -0.15) is 13.2 Å². The molecule has 0 bridgehead atoms. The zero-order chi connectivity index (χ0) is 15.1. The number of alkyl halides is 3. The summed E-state index contributed by atoms with van der Waals surface area (Å²) in [5.74, 6) is -0.396. The molecule has 20 heavy (non-hydrogen) atoms. The van der Waals surface area contributed by atoms with Crippen molar-refractivity contribution in [3.63, 3.8) is 0 Å². The lowest BCUT2D eigenvalue weighted by atomic mass is 9.87. The van der Waals surface area contributed by atoms with Gasteiger partial charge in [-0.15, -0.1) is 0 Å². The molecule has 1 fully saturated rings. The average molecular weight is 287 g/mol. The number of aromatic carboxylic acids is 1. The van der Waals surface area contributed by atoms with Crippen LogP contribution in [0.2, 0.25) is 0 Å². The average Bonchev–Trinajstić information content (AvgIpc) is 2.24. The smallest absolute Gasteiger partial charge is 0.416 e. The van der Waals surface area contributed by atoms with Crippen molar-refractivity contribution in [2.45, 2.75) is 20.0 Å². The summed E-state index contributed by atoms with van der Waals surface area (Å²) in [6, 6.07) is 2.90. The van der Waals surface area contributed by atoms with Crippen molar-refractivity contribution in [2.75, 3.05) is 18.0 Å². The number of nitrogens with zero attached hydrogens (tertiary/aromatic N) is 1. The number of hydrogen-bond acceptors (Lipinski definition) is 2. The van der Waals surface area contributed by atoms with Crippen LogP contribution in [-0.4, -0.2) is 24.2 Å². The van der Waals surface area contributed by atoms with E-state index in [1.165, 1.54) is 6.07 Å². The van der Waals surface area contributed by atoms with Crippen molar-refractivity contribution in [3.05, 3.63) is 29.3 Å². The highest BCUT2D eigenvalue weighted by atomic mass is 19.4. The summed E-state index contributed by atoms with van der Waals surface area (Å²) in [6.45, 7) is 5.52. The Balaban J connectivity index is 2.29. The SMILES string of the molecule is CC(C)C1CN(c2ccc(C(F)(F)F)cc2C(=O)O)C1. The molecular weight excluding hydrogens is 271 g/mol. The van der Waals surface area contributed by atoms with Crippen LogP contribution >= 0.6 is 0 Å². The Kier molecular flexibility index (Phi) is 3.67. The first kappa shape index (κ1) is 14.7. The van der Waals surface area contributed by atoms with Crippen LogP contribution in [0.5, 0.6) is 0 Å². The summed E-state index contributed by atoms with van der Waals surface area (Å²) in [6.07, 6.45) is -4.53. The Morgan fingerprint density at radius 2 is 1.95 bits per heavy atom. The van der Waals surface area contributed by atoms with E-state index in [9.17, 15) is 18.0 Å². The van der Waals surface area contributed by atoms with E-state index < -0.39 is 17.7 Å². The lowest BCUT2D eigenvalue weighted by Crippen LogP contribution is -2.49. The van der Waals surface area contributed by atoms with Gasteiger partial charge in [-0.1, -0.05) is 13.8 Å². The van der Waals surface area contributed by atoms with E-state index in [-0.39, 0.29) is 5.56 Å². The van der Waals surface area contributed by atoms with Crippen LogP contribution in [0.4, 0.5) is 18.9 Å². The van der Waals surface area contributed by atoms with Gasteiger partial charge in [-0.3, -0.25) is 0 Å². The quantitative estimate of drug-likeness (QED) is 0.925. The topological polar surface area (TPSA) is 40.5 Å². The minimum Gasteiger partial charge on any atom is -0.478 e. The molecule has 0 spiro atoms. The fourth-order valence-corrected chi connectivity index (χ4v) is 2.29. The minimum atomic E-state index is -4.53. The predicted molar refractivity (Wildman–Crippen MR) is 68.9 cm³/mol. The van der Waals surface area contributed by atoms with Crippen LogP contribution in [0, 0.1) is 11.8 Å². The van der Waals surface area contributed by atoms with Crippen LogP contribution in [0.15, 0.2) is 18.2 Å². The lowest BCUT2D eigenvalue weighted by molar-refractivity contribution is -0.137.